The molecule has 7 heteroatoms. The summed E-state index contributed by atoms with van der Waals surface area (Å²) in [6, 6.07) is 9.22. The van der Waals surface area contributed by atoms with Crippen molar-refractivity contribution in [3.63, 3.8) is 0 Å². The molecule has 0 saturated carbocycles. The highest BCUT2D eigenvalue weighted by atomic mass is 32.1. The van der Waals surface area contributed by atoms with Gasteiger partial charge in [0.15, 0.2) is 5.13 Å². The second-order valence-corrected chi connectivity index (χ2v) is 5.97. The van der Waals surface area contributed by atoms with Gasteiger partial charge in [-0.25, -0.2) is 9.78 Å². The van der Waals surface area contributed by atoms with E-state index in [1.54, 1.807) is 0 Å². The van der Waals surface area contributed by atoms with Gasteiger partial charge in [0, 0.05) is 31.7 Å². The zero-order chi connectivity index (χ0) is 15.5. The maximum atomic E-state index is 12.4. The Balaban J connectivity index is 1.62. The molecule has 1 aliphatic rings. The Bertz CT molecular complexity index is 678. The van der Waals surface area contributed by atoms with Crippen molar-refractivity contribution in [2.45, 2.75) is 0 Å². The van der Waals surface area contributed by atoms with Crippen LogP contribution in [0.25, 0.3) is 0 Å². The smallest absolute Gasteiger partial charge is 0.347 e. The molecule has 0 spiro atoms. The number of carbonyl (C=O) groups is 2. The number of carboxylic acids is 1. The van der Waals surface area contributed by atoms with Crippen molar-refractivity contribution in [3.8, 4) is 0 Å². The predicted molar refractivity (Wildman–Crippen MR) is 83.6 cm³/mol. The second kappa shape index (κ2) is 6.15. The number of anilines is 1. The molecule has 2 heterocycles. The number of hydrogen-bond acceptors (Lipinski definition) is 5. The number of amides is 1. The molecule has 1 aromatic carbocycles. The molecule has 1 fully saturated rings. The lowest BCUT2D eigenvalue weighted by atomic mass is 10.2. The van der Waals surface area contributed by atoms with E-state index in [-0.39, 0.29) is 10.8 Å². The van der Waals surface area contributed by atoms with Crippen LogP contribution < -0.4 is 4.90 Å². The SMILES string of the molecule is O=C(O)c1cnc(N2CCN(C(=O)c3ccccc3)CC2)s1. The van der Waals surface area contributed by atoms with Crippen molar-refractivity contribution in [1.82, 2.24) is 9.88 Å². The Labute approximate surface area is 131 Å². The largest absolute Gasteiger partial charge is 0.477 e. The normalized spacial score (nSPS) is 14.9. The Kier molecular flexibility index (Phi) is 4.06. The minimum Gasteiger partial charge on any atom is -0.477 e. The third-order valence-corrected chi connectivity index (χ3v) is 4.61. The van der Waals surface area contributed by atoms with Gasteiger partial charge < -0.3 is 14.9 Å². The van der Waals surface area contributed by atoms with E-state index in [1.807, 2.05) is 40.1 Å². The summed E-state index contributed by atoms with van der Waals surface area (Å²) in [5.41, 5.74) is 0.693. The second-order valence-electron chi connectivity index (χ2n) is 4.96. The summed E-state index contributed by atoms with van der Waals surface area (Å²) in [4.78, 5) is 31.5. The maximum absolute atomic E-state index is 12.4. The molecule has 1 saturated heterocycles. The van der Waals surface area contributed by atoms with Gasteiger partial charge in [-0.1, -0.05) is 29.5 Å². The molecule has 0 aliphatic carbocycles. The summed E-state index contributed by atoms with van der Waals surface area (Å²) in [5.74, 6) is -0.924. The molecule has 1 amide bonds. The number of nitrogens with zero attached hydrogens (tertiary/aromatic N) is 3. The zero-order valence-electron chi connectivity index (χ0n) is 11.8. The lowest BCUT2D eigenvalue weighted by molar-refractivity contribution is 0.0700. The van der Waals surface area contributed by atoms with Gasteiger partial charge in [0.25, 0.3) is 5.91 Å². The first-order valence-electron chi connectivity index (χ1n) is 6.93. The van der Waals surface area contributed by atoms with E-state index in [1.165, 1.54) is 17.5 Å². The molecule has 0 atom stereocenters. The number of carbonyl (C=O) groups excluding carboxylic acids is 1. The zero-order valence-corrected chi connectivity index (χ0v) is 12.6. The lowest BCUT2D eigenvalue weighted by Gasteiger charge is -2.34. The van der Waals surface area contributed by atoms with Crippen LogP contribution in [-0.2, 0) is 0 Å². The summed E-state index contributed by atoms with van der Waals surface area (Å²) in [6.45, 7) is 2.53. The average Bonchev–Trinajstić information content (AvgIpc) is 3.05. The monoisotopic (exact) mass is 317 g/mol. The number of hydrogen-bond donors (Lipinski definition) is 1. The van der Waals surface area contributed by atoms with Crippen LogP contribution in [0.15, 0.2) is 36.5 Å². The maximum Gasteiger partial charge on any atom is 0.347 e. The van der Waals surface area contributed by atoms with Gasteiger partial charge in [-0.3, -0.25) is 4.79 Å². The number of piperazine rings is 1. The van der Waals surface area contributed by atoms with Crippen molar-refractivity contribution in [3.05, 3.63) is 47.0 Å². The van der Waals surface area contributed by atoms with Gasteiger partial charge in [0.1, 0.15) is 4.88 Å². The van der Waals surface area contributed by atoms with E-state index in [9.17, 15) is 9.59 Å². The Morgan fingerprint density at radius 1 is 1.09 bits per heavy atom. The summed E-state index contributed by atoms with van der Waals surface area (Å²) in [6.07, 6.45) is 1.38. The van der Waals surface area contributed by atoms with Crippen LogP contribution in [0.1, 0.15) is 20.0 Å². The molecule has 6 nitrogen and oxygen atoms in total. The molecule has 1 N–H and O–H groups in total. The van der Waals surface area contributed by atoms with Crippen LogP contribution in [0.3, 0.4) is 0 Å². The van der Waals surface area contributed by atoms with Crippen LogP contribution in [-0.4, -0.2) is 53.0 Å². The highest BCUT2D eigenvalue weighted by Crippen LogP contribution is 2.23. The van der Waals surface area contributed by atoms with Gasteiger partial charge in [0.05, 0.1) is 6.20 Å². The summed E-state index contributed by atoms with van der Waals surface area (Å²) in [7, 11) is 0. The van der Waals surface area contributed by atoms with Crippen molar-refractivity contribution >= 4 is 28.3 Å². The Hall–Kier alpha value is -2.41. The third kappa shape index (κ3) is 2.94. The number of thiazole rings is 1. The quantitative estimate of drug-likeness (QED) is 0.934. The molecule has 0 bridgehead atoms. The molecule has 114 valence electrons. The van der Waals surface area contributed by atoms with E-state index in [0.29, 0.717) is 36.9 Å². The first-order chi connectivity index (χ1) is 10.6. The van der Waals surface area contributed by atoms with Gasteiger partial charge in [0.2, 0.25) is 0 Å². The van der Waals surface area contributed by atoms with Crippen LogP contribution in [0.5, 0.6) is 0 Å². The predicted octanol–water partition coefficient (Wildman–Crippen LogP) is 1.80. The molecule has 0 unspecified atom stereocenters. The standard InChI is InChI=1S/C15H15N3O3S/c19-13(11-4-2-1-3-5-11)17-6-8-18(9-7-17)15-16-10-12(22-15)14(20)21/h1-5,10H,6-9H2,(H,20,21). The van der Waals surface area contributed by atoms with E-state index in [2.05, 4.69) is 4.98 Å². The molecule has 1 aromatic heterocycles. The van der Waals surface area contributed by atoms with Crippen molar-refractivity contribution in [1.29, 1.82) is 0 Å². The fourth-order valence-electron chi connectivity index (χ4n) is 2.37. The summed E-state index contributed by atoms with van der Waals surface area (Å²) < 4.78 is 0. The number of aromatic nitrogens is 1. The van der Waals surface area contributed by atoms with Crippen molar-refractivity contribution < 1.29 is 14.7 Å². The van der Waals surface area contributed by atoms with Crippen LogP contribution in [0.4, 0.5) is 5.13 Å². The molecule has 1 aliphatic heterocycles. The van der Waals surface area contributed by atoms with Gasteiger partial charge in [-0.05, 0) is 12.1 Å². The number of carboxylic acid groups (broad SMARTS) is 1. The fourth-order valence-corrected chi connectivity index (χ4v) is 3.18. The summed E-state index contributed by atoms with van der Waals surface area (Å²) in [5, 5.41) is 9.63. The van der Waals surface area contributed by atoms with Crippen LogP contribution in [0, 0.1) is 0 Å². The van der Waals surface area contributed by atoms with E-state index in [0.717, 1.165) is 0 Å². The lowest BCUT2D eigenvalue weighted by Crippen LogP contribution is -2.48. The first kappa shape index (κ1) is 14.5. The van der Waals surface area contributed by atoms with Gasteiger partial charge in [-0.15, -0.1) is 0 Å². The minimum atomic E-state index is -0.957. The fraction of sp³-hybridized carbons (Fsp3) is 0.267. The average molecular weight is 317 g/mol. The third-order valence-electron chi connectivity index (χ3n) is 3.56. The van der Waals surface area contributed by atoms with Gasteiger partial charge in [-0.2, -0.15) is 0 Å². The molecule has 3 rings (SSSR count). The molecule has 22 heavy (non-hydrogen) atoms. The van der Waals surface area contributed by atoms with Crippen LogP contribution >= 0.6 is 11.3 Å². The van der Waals surface area contributed by atoms with E-state index in [4.69, 9.17) is 5.11 Å². The van der Waals surface area contributed by atoms with Crippen molar-refractivity contribution in [2.75, 3.05) is 31.1 Å². The first-order valence-corrected chi connectivity index (χ1v) is 7.75. The topological polar surface area (TPSA) is 73.7 Å². The molecular weight excluding hydrogens is 302 g/mol. The highest BCUT2D eigenvalue weighted by Gasteiger charge is 2.24. The molecule has 0 radical (unpaired) electrons. The summed E-state index contributed by atoms with van der Waals surface area (Å²) >= 11 is 1.17. The van der Waals surface area contributed by atoms with Crippen LogP contribution in [0.2, 0.25) is 0 Å². The van der Waals surface area contributed by atoms with Gasteiger partial charge >= 0.3 is 5.97 Å². The van der Waals surface area contributed by atoms with E-state index >= 15 is 0 Å². The minimum absolute atomic E-state index is 0.0330. The molecule has 2 aromatic rings. The number of rotatable bonds is 3. The number of benzene rings is 1. The Morgan fingerprint density at radius 2 is 1.77 bits per heavy atom. The number of aromatic carboxylic acids is 1. The van der Waals surface area contributed by atoms with E-state index < -0.39 is 5.97 Å². The highest BCUT2D eigenvalue weighted by molar-refractivity contribution is 7.17. The van der Waals surface area contributed by atoms with Crippen molar-refractivity contribution in [2.24, 2.45) is 0 Å². The molecular formula is C15H15N3O3S. The Morgan fingerprint density at radius 3 is 2.36 bits per heavy atom.